The first-order valence-electron chi connectivity index (χ1n) is 6.26. The highest BCUT2D eigenvalue weighted by molar-refractivity contribution is 6.17. The first-order chi connectivity index (χ1) is 7.97. The summed E-state index contributed by atoms with van der Waals surface area (Å²) in [5, 5.41) is 0. The van der Waals surface area contributed by atoms with Gasteiger partial charge in [-0.05, 0) is 24.3 Å². The van der Waals surface area contributed by atoms with Crippen LogP contribution in [-0.4, -0.2) is 4.57 Å². The summed E-state index contributed by atoms with van der Waals surface area (Å²) >= 11 is 5.79. The highest BCUT2D eigenvalue weighted by Crippen LogP contribution is 2.15. The molecule has 96 valence electrons. The monoisotopic (exact) mass is 255 g/mol. The number of aromatic nitrogens is 1. The number of nitrogens with zero attached hydrogens (tertiary/aromatic N) is 1. The molecule has 0 fully saturated rings. The van der Waals surface area contributed by atoms with Gasteiger partial charge in [-0.1, -0.05) is 33.8 Å². The SMILES string of the molecule is CC(C)CCn1c(C(C)C)ccc(CCl)c1=O. The molecule has 1 heterocycles. The minimum atomic E-state index is 0.0758. The summed E-state index contributed by atoms with van der Waals surface area (Å²) in [6, 6.07) is 3.89. The van der Waals surface area contributed by atoms with Gasteiger partial charge in [0.2, 0.25) is 0 Å². The van der Waals surface area contributed by atoms with Crippen LogP contribution in [0.15, 0.2) is 16.9 Å². The van der Waals surface area contributed by atoms with E-state index in [1.165, 1.54) is 0 Å². The Hall–Kier alpha value is -0.760. The van der Waals surface area contributed by atoms with Crippen molar-refractivity contribution in [2.75, 3.05) is 0 Å². The van der Waals surface area contributed by atoms with E-state index in [2.05, 4.69) is 27.7 Å². The molecule has 0 atom stereocenters. The first-order valence-corrected chi connectivity index (χ1v) is 6.79. The molecule has 1 aromatic heterocycles. The van der Waals surface area contributed by atoms with Crippen molar-refractivity contribution in [1.82, 2.24) is 4.57 Å². The molecule has 0 aliphatic heterocycles. The lowest BCUT2D eigenvalue weighted by molar-refractivity contribution is 0.489. The van der Waals surface area contributed by atoms with Crippen molar-refractivity contribution >= 4 is 11.6 Å². The zero-order chi connectivity index (χ0) is 13.0. The van der Waals surface area contributed by atoms with E-state index in [-0.39, 0.29) is 5.56 Å². The van der Waals surface area contributed by atoms with Gasteiger partial charge in [0.15, 0.2) is 0 Å². The topological polar surface area (TPSA) is 22.0 Å². The van der Waals surface area contributed by atoms with Crippen LogP contribution in [0.25, 0.3) is 0 Å². The molecule has 3 heteroatoms. The fourth-order valence-electron chi connectivity index (χ4n) is 1.86. The fraction of sp³-hybridized carbons (Fsp3) is 0.643. The van der Waals surface area contributed by atoms with E-state index in [0.717, 1.165) is 18.7 Å². The van der Waals surface area contributed by atoms with Crippen molar-refractivity contribution in [3.05, 3.63) is 33.7 Å². The van der Waals surface area contributed by atoms with Crippen LogP contribution in [0.1, 0.15) is 51.3 Å². The predicted octanol–water partition coefficient (Wildman–Crippen LogP) is 3.76. The van der Waals surface area contributed by atoms with Crippen LogP contribution in [-0.2, 0) is 12.4 Å². The van der Waals surface area contributed by atoms with Crippen LogP contribution in [0.3, 0.4) is 0 Å². The Morgan fingerprint density at radius 2 is 1.88 bits per heavy atom. The molecule has 1 aromatic rings. The van der Waals surface area contributed by atoms with Gasteiger partial charge >= 0.3 is 0 Å². The molecule has 0 bridgehead atoms. The number of alkyl halides is 1. The van der Waals surface area contributed by atoms with Gasteiger partial charge in [0.1, 0.15) is 0 Å². The van der Waals surface area contributed by atoms with Crippen molar-refractivity contribution in [2.24, 2.45) is 5.92 Å². The maximum absolute atomic E-state index is 12.2. The van der Waals surface area contributed by atoms with Gasteiger partial charge < -0.3 is 4.57 Å². The second kappa shape index (κ2) is 6.25. The molecule has 0 radical (unpaired) electrons. The Morgan fingerprint density at radius 1 is 1.24 bits per heavy atom. The molecular weight excluding hydrogens is 234 g/mol. The van der Waals surface area contributed by atoms with E-state index in [1.54, 1.807) is 0 Å². The summed E-state index contributed by atoms with van der Waals surface area (Å²) in [6.45, 7) is 9.35. The van der Waals surface area contributed by atoms with Crippen LogP contribution in [0.2, 0.25) is 0 Å². The Bertz CT molecular complexity index is 421. The van der Waals surface area contributed by atoms with Gasteiger partial charge in [0.25, 0.3) is 5.56 Å². The molecule has 0 amide bonds. The number of rotatable bonds is 5. The Labute approximate surface area is 109 Å². The molecule has 0 saturated heterocycles. The third-order valence-corrected chi connectivity index (χ3v) is 3.24. The van der Waals surface area contributed by atoms with Crippen molar-refractivity contribution < 1.29 is 0 Å². The lowest BCUT2D eigenvalue weighted by Crippen LogP contribution is -2.27. The van der Waals surface area contributed by atoms with E-state index in [4.69, 9.17) is 11.6 Å². The zero-order valence-electron chi connectivity index (χ0n) is 11.2. The van der Waals surface area contributed by atoms with Gasteiger partial charge in [0.05, 0.1) is 5.88 Å². The van der Waals surface area contributed by atoms with E-state index in [9.17, 15) is 4.79 Å². The lowest BCUT2D eigenvalue weighted by atomic mass is 10.1. The summed E-state index contributed by atoms with van der Waals surface area (Å²) in [6.07, 6.45) is 1.02. The summed E-state index contributed by atoms with van der Waals surface area (Å²) in [5.41, 5.74) is 1.87. The number of halogens is 1. The molecule has 0 saturated carbocycles. The Kier molecular flexibility index (Phi) is 5.26. The molecule has 2 nitrogen and oxygen atoms in total. The zero-order valence-corrected chi connectivity index (χ0v) is 11.9. The highest BCUT2D eigenvalue weighted by atomic mass is 35.5. The average molecular weight is 256 g/mol. The van der Waals surface area contributed by atoms with Crippen molar-refractivity contribution in [2.45, 2.75) is 52.5 Å². The molecule has 17 heavy (non-hydrogen) atoms. The minimum Gasteiger partial charge on any atom is -0.312 e. The second-order valence-corrected chi connectivity index (χ2v) is 5.48. The average Bonchev–Trinajstić information content (AvgIpc) is 2.26. The third kappa shape index (κ3) is 3.60. The molecule has 0 aliphatic rings. The lowest BCUT2D eigenvalue weighted by Gasteiger charge is -2.17. The van der Waals surface area contributed by atoms with Crippen LogP contribution < -0.4 is 5.56 Å². The molecule has 0 N–H and O–H groups in total. The number of pyridine rings is 1. The van der Waals surface area contributed by atoms with Gasteiger partial charge in [0, 0.05) is 17.8 Å². The maximum Gasteiger partial charge on any atom is 0.255 e. The van der Waals surface area contributed by atoms with Crippen LogP contribution in [0.5, 0.6) is 0 Å². The summed E-state index contributed by atoms with van der Waals surface area (Å²) in [5.74, 6) is 1.25. The normalized spacial score (nSPS) is 11.5. The second-order valence-electron chi connectivity index (χ2n) is 5.21. The summed E-state index contributed by atoms with van der Waals surface area (Å²) in [4.78, 5) is 12.2. The maximum atomic E-state index is 12.2. The standard InChI is InChI=1S/C14H22ClNO/c1-10(2)7-8-16-13(11(3)4)6-5-12(9-15)14(16)17/h5-6,10-11H,7-9H2,1-4H3. The number of hydrogen-bond acceptors (Lipinski definition) is 1. The van der Waals surface area contributed by atoms with Crippen molar-refractivity contribution in [3.8, 4) is 0 Å². The molecule has 0 aliphatic carbocycles. The quantitative estimate of drug-likeness (QED) is 0.735. The molecule has 0 aromatic carbocycles. The fourth-order valence-corrected chi connectivity index (χ4v) is 2.07. The van der Waals surface area contributed by atoms with E-state index in [1.807, 2.05) is 16.7 Å². The smallest absolute Gasteiger partial charge is 0.255 e. The summed E-state index contributed by atoms with van der Waals surface area (Å²) < 4.78 is 1.89. The minimum absolute atomic E-state index is 0.0758. The van der Waals surface area contributed by atoms with Gasteiger partial charge in [-0.2, -0.15) is 0 Å². The number of hydrogen-bond donors (Lipinski definition) is 0. The van der Waals surface area contributed by atoms with E-state index < -0.39 is 0 Å². The molecule has 0 unspecified atom stereocenters. The largest absolute Gasteiger partial charge is 0.312 e. The first kappa shape index (κ1) is 14.3. The highest BCUT2D eigenvalue weighted by Gasteiger charge is 2.11. The molecular formula is C14H22ClNO. The van der Waals surface area contributed by atoms with Crippen molar-refractivity contribution in [3.63, 3.8) is 0 Å². The van der Waals surface area contributed by atoms with Gasteiger partial charge in [-0.25, -0.2) is 0 Å². The van der Waals surface area contributed by atoms with E-state index >= 15 is 0 Å². The van der Waals surface area contributed by atoms with E-state index in [0.29, 0.717) is 23.3 Å². The van der Waals surface area contributed by atoms with Crippen molar-refractivity contribution in [1.29, 1.82) is 0 Å². The predicted molar refractivity (Wildman–Crippen MR) is 73.8 cm³/mol. The summed E-state index contributed by atoms with van der Waals surface area (Å²) in [7, 11) is 0. The van der Waals surface area contributed by atoms with Gasteiger partial charge in [-0.3, -0.25) is 4.79 Å². The third-order valence-electron chi connectivity index (χ3n) is 2.95. The Balaban J connectivity index is 3.16. The Morgan fingerprint density at radius 3 is 2.35 bits per heavy atom. The molecule has 1 rings (SSSR count). The van der Waals surface area contributed by atoms with Crippen LogP contribution >= 0.6 is 11.6 Å². The van der Waals surface area contributed by atoms with Crippen LogP contribution in [0.4, 0.5) is 0 Å². The van der Waals surface area contributed by atoms with Crippen LogP contribution in [0, 0.1) is 5.92 Å². The molecule has 0 spiro atoms. The van der Waals surface area contributed by atoms with Gasteiger partial charge in [-0.15, -0.1) is 11.6 Å².